The molecule has 2 fully saturated rings. The Morgan fingerprint density at radius 3 is 2.50 bits per heavy atom. The maximum Gasteiger partial charge on any atom is 0.329 e. The first-order valence-corrected chi connectivity index (χ1v) is 10.9. The minimum Gasteiger partial charge on any atom is -0.464 e. The number of benzene rings is 1. The second-order valence-corrected chi connectivity index (χ2v) is 8.47. The van der Waals surface area contributed by atoms with Crippen LogP contribution in [0.2, 0.25) is 0 Å². The number of rotatable bonds is 6. The number of amides is 1. The molecular weight excluding hydrogens is 380 g/mol. The lowest BCUT2D eigenvalue weighted by Gasteiger charge is -2.35. The van der Waals surface area contributed by atoms with Crippen molar-refractivity contribution in [3.8, 4) is 0 Å². The summed E-state index contributed by atoms with van der Waals surface area (Å²) >= 11 is 1.65. The lowest BCUT2D eigenvalue weighted by Crippen LogP contribution is -2.48. The van der Waals surface area contributed by atoms with E-state index in [4.69, 9.17) is 4.74 Å². The van der Waals surface area contributed by atoms with Gasteiger partial charge in [-0.2, -0.15) is 0 Å². The van der Waals surface area contributed by atoms with Crippen LogP contribution in [-0.4, -0.2) is 45.5 Å². The largest absolute Gasteiger partial charge is 0.464 e. The number of thioether (sulfide) groups is 1. The van der Waals surface area contributed by atoms with Crippen LogP contribution < -0.4 is 0 Å². The predicted molar refractivity (Wildman–Crippen MR) is 107 cm³/mol. The molecule has 1 heterocycles. The predicted octanol–water partition coefficient (Wildman–Crippen LogP) is 4.01. The van der Waals surface area contributed by atoms with Gasteiger partial charge in [-0.3, -0.25) is 14.9 Å². The molecule has 1 amide bonds. The summed E-state index contributed by atoms with van der Waals surface area (Å²) in [5, 5.41) is 10.8. The average Bonchev–Trinajstić information content (AvgIpc) is 3.17. The van der Waals surface area contributed by atoms with Crippen LogP contribution in [0.4, 0.5) is 5.69 Å². The van der Waals surface area contributed by atoms with Crippen LogP contribution >= 0.6 is 11.8 Å². The highest BCUT2D eigenvalue weighted by Gasteiger charge is 2.45. The Morgan fingerprint density at radius 2 is 1.89 bits per heavy atom. The normalized spacial score (nSPS) is 22.8. The molecule has 0 bridgehead atoms. The molecule has 0 spiro atoms. The molecule has 2 atom stereocenters. The van der Waals surface area contributed by atoms with Crippen molar-refractivity contribution < 1.29 is 19.2 Å². The maximum atomic E-state index is 13.3. The molecule has 0 radical (unpaired) electrons. The standard InChI is InChI=1S/C20H26N2O5S/c1-2-12-27-20(24)17-13-28-19(15-6-4-3-5-7-15)21(17)18(23)14-8-10-16(11-9-14)22(25)26/h8-11,15,17,19H,2-7,12-13H2,1H3. The number of nitrogens with zero attached hydrogens (tertiary/aromatic N) is 2. The number of hydrogen-bond acceptors (Lipinski definition) is 6. The third-order valence-corrected chi connectivity index (χ3v) is 6.83. The van der Waals surface area contributed by atoms with Gasteiger partial charge in [-0.1, -0.05) is 26.2 Å². The van der Waals surface area contributed by atoms with E-state index >= 15 is 0 Å². The summed E-state index contributed by atoms with van der Waals surface area (Å²) in [6.07, 6.45) is 6.34. The summed E-state index contributed by atoms with van der Waals surface area (Å²) in [6.45, 7) is 2.27. The minimum atomic E-state index is -0.605. The zero-order valence-electron chi connectivity index (χ0n) is 16.0. The number of esters is 1. The number of ether oxygens (including phenoxy) is 1. The molecule has 1 aliphatic carbocycles. The number of carbonyl (C=O) groups excluding carboxylic acids is 2. The van der Waals surface area contributed by atoms with Crippen molar-refractivity contribution in [2.24, 2.45) is 5.92 Å². The molecule has 2 aliphatic rings. The van der Waals surface area contributed by atoms with Crippen molar-refractivity contribution >= 4 is 29.3 Å². The van der Waals surface area contributed by atoms with E-state index in [1.807, 2.05) is 6.92 Å². The molecule has 28 heavy (non-hydrogen) atoms. The van der Waals surface area contributed by atoms with Crippen LogP contribution in [0, 0.1) is 16.0 Å². The third kappa shape index (κ3) is 4.48. The van der Waals surface area contributed by atoms with Crippen LogP contribution in [0.15, 0.2) is 24.3 Å². The highest BCUT2D eigenvalue weighted by Crippen LogP contribution is 2.41. The molecule has 3 rings (SSSR count). The number of nitro benzene ring substituents is 1. The fraction of sp³-hybridized carbons (Fsp3) is 0.600. The van der Waals surface area contributed by atoms with Crippen molar-refractivity contribution in [1.82, 2.24) is 4.90 Å². The smallest absolute Gasteiger partial charge is 0.329 e. The first-order chi connectivity index (χ1) is 13.5. The molecule has 1 saturated heterocycles. The second kappa shape index (κ2) is 9.41. The number of carbonyl (C=O) groups is 2. The van der Waals surface area contributed by atoms with Crippen LogP contribution in [0.25, 0.3) is 0 Å². The lowest BCUT2D eigenvalue weighted by molar-refractivity contribution is -0.384. The molecule has 1 saturated carbocycles. The fourth-order valence-electron chi connectivity index (χ4n) is 3.92. The van der Waals surface area contributed by atoms with E-state index in [-0.39, 0.29) is 22.9 Å². The van der Waals surface area contributed by atoms with Gasteiger partial charge in [-0.15, -0.1) is 11.8 Å². The molecule has 8 heteroatoms. The van der Waals surface area contributed by atoms with Gasteiger partial charge in [-0.05, 0) is 37.3 Å². The molecular formula is C20H26N2O5S. The first-order valence-electron chi connectivity index (χ1n) is 9.88. The first kappa shape index (κ1) is 20.6. The van der Waals surface area contributed by atoms with E-state index in [2.05, 4.69) is 0 Å². The van der Waals surface area contributed by atoms with E-state index in [1.54, 1.807) is 16.7 Å². The van der Waals surface area contributed by atoms with Crippen LogP contribution in [0.5, 0.6) is 0 Å². The van der Waals surface area contributed by atoms with Crippen LogP contribution in [0.1, 0.15) is 55.8 Å². The van der Waals surface area contributed by atoms with Gasteiger partial charge in [0.15, 0.2) is 0 Å². The van der Waals surface area contributed by atoms with Gasteiger partial charge in [0.05, 0.1) is 16.9 Å². The lowest BCUT2D eigenvalue weighted by atomic mass is 9.88. The van der Waals surface area contributed by atoms with E-state index in [0.29, 0.717) is 23.8 Å². The SMILES string of the molecule is CCCOC(=O)C1CSC(C2CCCCC2)N1C(=O)c1ccc([N+](=O)[O-])cc1. The van der Waals surface area contributed by atoms with Gasteiger partial charge in [0, 0.05) is 23.4 Å². The summed E-state index contributed by atoms with van der Waals surface area (Å²) in [4.78, 5) is 38.0. The van der Waals surface area contributed by atoms with Crippen LogP contribution in [-0.2, 0) is 9.53 Å². The molecule has 1 aromatic carbocycles. The van der Waals surface area contributed by atoms with E-state index < -0.39 is 11.0 Å². The molecule has 152 valence electrons. The van der Waals surface area contributed by atoms with Crippen molar-refractivity contribution in [2.75, 3.05) is 12.4 Å². The molecule has 1 aromatic rings. The Bertz CT molecular complexity index is 718. The quantitative estimate of drug-likeness (QED) is 0.403. The number of nitro groups is 1. The molecule has 1 aliphatic heterocycles. The van der Waals surface area contributed by atoms with Gasteiger partial charge in [0.1, 0.15) is 6.04 Å². The van der Waals surface area contributed by atoms with E-state index in [1.165, 1.54) is 30.7 Å². The summed E-state index contributed by atoms with van der Waals surface area (Å²) in [6, 6.07) is 4.99. The van der Waals surface area contributed by atoms with Crippen molar-refractivity contribution in [2.45, 2.75) is 56.9 Å². The molecule has 0 aromatic heterocycles. The number of hydrogen-bond donors (Lipinski definition) is 0. The fourth-order valence-corrected chi connectivity index (χ4v) is 5.55. The van der Waals surface area contributed by atoms with Gasteiger partial charge in [0.25, 0.3) is 11.6 Å². The van der Waals surface area contributed by atoms with Gasteiger partial charge in [-0.25, -0.2) is 4.79 Å². The minimum absolute atomic E-state index is 0.0535. The van der Waals surface area contributed by atoms with Crippen molar-refractivity contribution in [1.29, 1.82) is 0 Å². The average molecular weight is 407 g/mol. The summed E-state index contributed by atoms with van der Waals surface area (Å²) in [5.41, 5.74) is 0.303. The Hall–Kier alpha value is -2.09. The molecule has 0 N–H and O–H groups in total. The van der Waals surface area contributed by atoms with Crippen molar-refractivity contribution in [3.63, 3.8) is 0 Å². The summed E-state index contributed by atoms with van der Waals surface area (Å²) < 4.78 is 5.34. The Kier molecular flexibility index (Phi) is 6.93. The zero-order chi connectivity index (χ0) is 20.1. The topological polar surface area (TPSA) is 89.8 Å². The monoisotopic (exact) mass is 406 g/mol. The highest BCUT2D eigenvalue weighted by atomic mass is 32.2. The Balaban J connectivity index is 1.85. The van der Waals surface area contributed by atoms with E-state index in [9.17, 15) is 19.7 Å². The highest BCUT2D eigenvalue weighted by molar-refractivity contribution is 8.00. The second-order valence-electron chi connectivity index (χ2n) is 7.32. The van der Waals surface area contributed by atoms with Gasteiger partial charge < -0.3 is 9.64 Å². The van der Waals surface area contributed by atoms with Crippen molar-refractivity contribution in [3.05, 3.63) is 39.9 Å². The summed E-state index contributed by atoms with van der Waals surface area (Å²) in [5.74, 6) is 0.282. The number of non-ortho nitro benzene ring substituents is 1. The zero-order valence-corrected chi connectivity index (χ0v) is 16.9. The third-order valence-electron chi connectivity index (χ3n) is 5.37. The molecule has 2 unspecified atom stereocenters. The van der Waals surface area contributed by atoms with Gasteiger partial charge >= 0.3 is 5.97 Å². The maximum absolute atomic E-state index is 13.3. The van der Waals surface area contributed by atoms with Gasteiger partial charge in [0.2, 0.25) is 0 Å². The van der Waals surface area contributed by atoms with E-state index in [0.717, 1.165) is 32.1 Å². The Morgan fingerprint density at radius 1 is 1.21 bits per heavy atom. The molecule has 7 nitrogen and oxygen atoms in total. The van der Waals surface area contributed by atoms with Crippen LogP contribution in [0.3, 0.4) is 0 Å². The Labute approximate surface area is 169 Å². The summed E-state index contributed by atoms with van der Waals surface area (Å²) in [7, 11) is 0.